The summed E-state index contributed by atoms with van der Waals surface area (Å²) in [7, 11) is -2.84. The Kier molecular flexibility index (Phi) is 5.51. The van der Waals surface area contributed by atoms with E-state index in [1.807, 2.05) is 13.8 Å². The molecule has 0 fully saturated rings. The van der Waals surface area contributed by atoms with Crippen molar-refractivity contribution in [2.45, 2.75) is 33.6 Å². The van der Waals surface area contributed by atoms with E-state index in [0.29, 0.717) is 5.57 Å². The lowest BCUT2D eigenvalue weighted by molar-refractivity contribution is -0.130. The number of hydrogen-bond acceptors (Lipinski definition) is 3. The summed E-state index contributed by atoms with van der Waals surface area (Å²) < 4.78 is 14.4. The van der Waals surface area contributed by atoms with E-state index < -0.39 is 14.2 Å². The Hall–Kier alpha value is -0.730. The highest BCUT2D eigenvalue weighted by Gasteiger charge is 2.22. The van der Waals surface area contributed by atoms with Gasteiger partial charge in [0.1, 0.15) is 0 Å². The van der Waals surface area contributed by atoms with E-state index >= 15 is 0 Å². The van der Waals surface area contributed by atoms with Gasteiger partial charge < -0.3 is 0 Å². The van der Waals surface area contributed by atoms with Crippen molar-refractivity contribution in [1.82, 2.24) is 0 Å². The fourth-order valence-electron chi connectivity index (χ4n) is 1.06. The van der Waals surface area contributed by atoms with Crippen LogP contribution in [0.4, 0.5) is 0 Å². The zero-order valence-corrected chi connectivity index (χ0v) is 8.93. The summed E-state index contributed by atoms with van der Waals surface area (Å²) in [6, 6.07) is 0. The molecule has 0 aliphatic carbocycles. The summed E-state index contributed by atoms with van der Waals surface area (Å²) in [5, 5.41) is 0. The van der Waals surface area contributed by atoms with Gasteiger partial charge in [0, 0.05) is 10.1 Å². The average Bonchev–Trinajstić information content (AvgIpc) is 2.05. The fraction of sp³-hybridized carbons (Fsp3) is 0.625. The first kappa shape index (κ1) is 12.3. The molecule has 13 heavy (non-hydrogen) atoms. The van der Waals surface area contributed by atoms with Crippen LogP contribution >= 0.6 is 8.25 Å². The quantitative estimate of drug-likeness (QED) is 0.565. The molecule has 1 N–H and O–H groups in total. The summed E-state index contributed by atoms with van der Waals surface area (Å²) in [6.45, 7) is 5.45. The van der Waals surface area contributed by atoms with Gasteiger partial charge >= 0.3 is 14.2 Å². The van der Waals surface area contributed by atoms with E-state index in [1.165, 1.54) is 0 Å². The van der Waals surface area contributed by atoms with Crippen LogP contribution in [0, 0.1) is 0 Å². The molecule has 0 saturated heterocycles. The molecule has 1 atom stereocenters. The Morgan fingerprint density at radius 1 is 1.38 bits per heavy atom. The monoisotopic (exact) mass is 205 g/mol. The number of rotatable bonds is 4. The highest BCUT2D eigenvalue weighted by Crippen LogP contribution is 2.20. The minimum atomic E-state index is -2.84. The van der Waals surface area contributed by atoms with Crippen LogP contribution < -0.4 is 0 Å². The second-order valence-electron chi connectivity index (χ2n) is 2.55. The van der Waals surface area contributed by atoms with Crippen molar-refractivity contribution < 1.29 is 18.8 Å². The van der Waals surface area contributed by atoms with Crippen molar-refractivity contribution in [2.75, 3.05) is 0 Å². The number of carbonyl (C=O) groups excluding carboxylic acids is 1. The summed E-state index contributed by atoms with van der Waals surface area (Å²) >= 11 is 0. The van der Waals surface area contributed by atoms with E-state index in [0.717, 1.165) is 18.4 Å². The Morgan fingerprint density at radius 3 is 2.15 bits per heavy atom. The van der Waals surface area contributed by atoms with Crippen LogP contribution in [0.25, 0.3) is 0 Å². The summed E-state index contributed by atoms with van der Waals surface area (Å²) in [4.78, 5) is 19.4. The van der Waals surface area contributed by atoms with Gasteiger partial charge in [-0.25, -0.2) is 4.79 Å². The van der Waals surface area contributed by atoms with Crippen LogP contribution in [-0.4, -0.2) is 10.9 Å². The van der Waals surface area contributed by atoms with Gasteiger partial charge in [0.25, 0.3) is 0 Å². The molecule has 4 nitrogen and oxygen atoms in total. The molecule has 0 aliphatic heterocycles. The smallest absolute Gasteiger partial charge is 0.241 e. The third kappa shape index (κ3) is 4.15. The molecule has 0 rings (SSSR count). The molecule has 74 valence electrons. The van der Waals surface area contributed by atoms with Gasteiger partial charge in [0.05, 0.1) is 0 Å². The SMILES string of the molecule is CCC(CC)=C(C)C(=O)O[P+](=O)O. The van der Waals surface area contributed by atoms with Crippen molar-refractivity contribution in [2.24, 2.45) is 0 Å². The predicted octanol–water partition coefficient (Wildman–Crippen LogP) is 2.32. The molecular weight excluding hydrogens is 191 g/mol. The Labute approximate surface area is 78.6 Å². The van der Waals surface area contributed by atoms with E-state index in [9.17, 15) is 9.36 Å². The number of hydrogen-bond donors (Lipinski definition) is 1. The summed E-state index contributed by atoms with van der Waals surface area (Å²) in [5.74, 6) is -0.706. The lowest BCUT2D eigenvalue weighted by Gasteiger charge is -2.02. The maximum absolute atomic E-state index is 11.1. The zero-order valence-electron chi connectivity index (χ0n) is 8.03. The van der Waals surface area contributed by atoms with Gasteiger partial charge in [-0.15, -0.1) is 4.89 Å². The van der Waals surface area contributed by atoms with Crippen molar-refractivity contribution in [3.8, 4) is 0 Å². The molecule has 1 unspecified atom stereocenters. The third-order valence-corrected chi connectivity index (χ3v) is 2.17. The second-order valence-corrected chi connectivity index (χ2v) is 3.21. The number of allylic oxidation sites excluding steroid dienone is 1. The molecule has 0 heterocycles. The maximum Gasteiger partial charge on any atom is 0.750 e. The Bertz CT molecular complexity index is 239. The van der Waals surface area contributed by atoms with Crippen LogP contribution in [0.3, 0.4) is 0 Å². The second kappa shape index (κ2) is 5.84. The third-order valence-electron chi connectivity index (χ3n) is 1.85. The molecule has 0 aromatic rings. The first-order valence-corrected chi connectivity index (χ1v) is 5.23. The van der Waals surface area contributed by atoms with Gasteiger partial charge in [-0.05, 0) is 19.8 Å². The van der Waals surface area contributed by atoms with E-state index in [1.54, 1.807) is 6.92 Å². The van der Waals surface area contributed by atoms with E-state index in [2.05, 4.69) is 4.52 Å². The fourth-order valence-corrected chi connectivity index (χ4v) is 1.34. The van der Waals surface area contributed by atoms with Gasteiger partial charge in [-0.1, -0.05) is 19.4 Å². The maximum atomic E-state index is 11.1. The normalized spacial score (nSPS) is 10.6. The van der Waals surface area contributed by atoms with Gasteiger partial charge in [0.2, 0.25) is 0 Å². The minimum Gasteiger partial charge on any atom is -0.241 e. The van der Waals surface area contributed by atoms with Crippen molar-refractivity contribution >= 4 is 14.2 Å². The lowest BCUT2D eigenvalue weighted by Crippen LogP contribution is -2.03. The molecule has 0 radical (unpaired) electrons. The summed E-state index contributed by atoms with van der Waals surface area (Å²) in [6.07, 6.45) is 1.50. The zero-order chi connectivity index (χ0) is 10.4. The molecule has 0 amide bonds. The highest BCUT2D eigenvalue weighted by molar-refractivity contribution is 7.32. The molecule has 5 heteroatoms. The van der Waals surface area contributed by atoms with Crippen molar-refractivity contribution in [3.05, 3.63) is 11.1 Å². The predicted molar refractivity (Wildman–Crippen MR) is 49.2 cm³/mol. The van der Waals surface area contributed by atoms with Crippen LogP contribution in [0.1, 0.15) is 33.6 Å². The Morgan fingerprint density at radius 2 is 1.85 bits per heavy atom. The van der Waals surface area contributed by atoms with Crippen LogP contribution in [-0.2, 0) is 13.9 Å². The molecule has 0 aliphatic rings. The minimum absolute atomic E-state index is 0.433. The van der Waals surface area contributed by atoms with Crippen LogP contribution in [0.5, 0.6) is 0 Å². The van der Waals surface area contributed by atoms with E-state index in [-0.39, 0.29) is 0 Å². The van der Waals surface area contributed by atoms with Crippen molar-refractivity contribution in [1.29, 1.82) is 0 Å². The molecule has 0 spiro atoms. The summed E-state index contributed by atoms with van der Waals surface area (Å²) in [5.41, 5.74) is 1.38. The molecule has 0 bridgehead atoms. The topological polar surface area (TPSA) is 63.6 Å². The van der Waals surface area contributed by atoms with Gasteiger partial charge in [0.15, 0.2) is 0 Å². The first-order chi connectivity index (χ1) is 6.02. The largest absolute Gasteiger partial charge is 0.750 e. The van der Waals surface area contributed by atoms with Gasteiger partial charge in [-0.3, -0.25) is 0 Å². The number of carbonyl (C=O) groups is 1. The van der Waals surface area contributed by atoms with Crippen LogP contribution in [0.2, 0.25) is 0 Å². The first-order valence-electron chi connectivity index (χ1n) is 4.09. The average molecular weight is 205 g/mol. The standard InChI is InChI=1S/C8H13O4P/c1-4-7(5-2)6(3)8(9)12-13(10)11/h4-5H2,1-3H3/p+1. The highest BCUT2D eigenvalue weighted by atomic mass is 31.1. The van der Waals surface area contributed by atoms with Crippen molar-refractivity contribution in [3.63, 3.8) is 0 Å². The Balaban J connectivity index is 4.55. The van der Waals surface area contributed by atoms with E-state index in [4.69, 9.17) is 4.89 Å². The van der Waals surface area contributed by atoms with Crippen LogP contribution in [0.15, 0.2) is 11.1 Å². The van der Waals surface area contributed by atoms with Gasteiger partial charge in [-0.2, -0.15) is 4.52 Å². The lowest BCUT2D eigenvalue weighted by atomic mass is 10.1. The molecule has 0 aromatic carbocycles. The molecule has 0 saturated carbocycles. The molecule has 0 aromatic heterocycles. The molecular formula is C8H14O4P+.